The van der Waals surface area contributed by atoms with E-state index in [1.54, 1.807) is 0 Å². The van der Waals surface area contributed by atoms with Crippen LogP contribution in [0.4, 0.5) is 0 Å². The summed E-state index contributed by atoms with van der Waals surface area (Å²) in [5.74, 6) is 0. The van der Waals surface area contributed by atoms with Crippen LogP contribution in [0.2, 0.25) is 0 Å². The first-order valence-corrected chi connectivity index (χ1v) is 20.5. The van der Waals surface area contributed by atoms with E-state index >= 15 is 0 Å². The first-order chi connectivity index (χ1) is 29.1. The van der Waals surface area contributed by atoms with Crippen molar-refractivity contribution in [2.24, 2.45) is 0 Å². The Labute approximate surface area is 343 Å². The van der Waals surface area contributed by atoms with Crippen molar-refractivity contribution in [3.8, 4) is 56.1 Å². The zero-order valence-corrected chi connectivity index (χ0v) is 32.9. The third-order valence-corrected chi connectivity index (χ3v) is 12.7. The number of fused-ring (bicyclic) bond motifs is 12. The van der Waals surface area contributed by atoms with Crippen LogP contribution in [0.3, 0.4) is 0 Å². The first kappa shape index (κ1) is 33.6. The number of para-hydroxylation sites is 3. The zero-order chi connectivity index (χ0) is 39.2. The van der Waals surface area contributed by atoms with E-state index < -0.39 is 0 Å². The monoisotopic (exact) mass is 753 g/mol. The highest BCUT2D eigenvalue weighted by Gasteiger charge is 2.41. The predicted octanol–water partition coefficient (Wildman–Crippen LogP) is 14.6. The second kappa shape index (κ2) is 12.8. The Morgan fingerprint density at radius 1 is 0.407 bits per heavy atom. The van der Waals surface area contributed by atoms with Gasteiger partial charge in [-0.2, -0.15) is 0 Å². The van der Waals surface area contributed by atoms with Gasteiger partial charge in [0.05, 0.1) is 33.5 Å². The Bertz CT molecular complexity index is 3370. The van der Waals surface area contributed by atoms with Gasteiger partial charge in [-0.1, -0.05) is 166 Å². The largest absolute Gasteiger partial charge is 0.309 e. The molecule has 3 heteroatoms. The fraction of sp³-hybridized carbons (Fsp3) is 0.0536. The molecule has 0 bridgehead atoms. The maximum atomic E-state index is 5.15. The number of benzene rings is 8. The fourth-order valence-corrected chi connectivity index (χ4v) is 10.1. The normalized spacial score (nSPS) is 13.1. The summed E-state index contributed by atoms with van der Waals surface area (Å²) in [6.07, 6.45) is 0. The van der Waals surface area contributed by atoms with Gasteiger partial charge in [0, 0.05) is 55.0 Å². The van der Waals surface area contributed by atoms with Crippen LogP contribution in [0.5, 0.6) is 0 Å². The third kappa shape index (κ3) is 4.91. The highest BCUT2D eigenvalue weighted by atomic mass is 15.0. The van der Waals surface area contributed by atoms with Crippen LogP contribution in [-0.2, 0) is 5.41 Å². The van der Waals surface area contributed by atoms with E-state index in [-0.39, 0.29) is 5.41 Å². The van der Waals surface area contributed by atoms with Gasteiger partial charge in [0.2, 0.25) is 0 Å². The smallest absolute Gasteiger partial charge is 0.0715 e. The highest BCUT2D eigenvalue weighted by Crippen LogP contribution is 2.58. The molecule has 0 fully saturated rings. The van der Waals surface area contributed by atoms with Crippen molar-refractivity contribution in [1.29, 1.82) is 0 Å². The molecule has 0 N–H and O–H groups in total. The van der Waals surface area contributed by atoms with Crippen molar-refractivity contribution in [1.82, 2.24) is 14.1 Å². The molecule has 0 saturated carbocycles. The van der Waals surface area contributed by atoms with Gasteiger partial charge < -0.3 is 9.13 Å². The molecule has 3 heterocycles. The molecule has 0 amide bonds. The van der Waals surface area contributed by atoms with Crippen LogP contribution >= 0.6 is 0 Å². The standard InChI is InChI=1S/C56H39N3/c1-56(2)45-27-15-12-24-42(45)50-53(56)51-43-25-13-16-28-48(43)59(55(51)52-44-26-14-17-29-49(44)58(54(50)52)40-22-10-5-11-23-40)41-32-30-36(31-33-41)39-34-46(37-18-6-3-7-19-37)57-47(35-39)38-20-8-4-9-21-38/h3-35H,1-2H3. The molecule has 59 heavy (non-hydrogen) atoms. The molecule has 1 aliphatic rings. The Balaban J connectivity index is 1.17. The van der Waals surface area contributed by atoms with E-state index in [1.165, 1.54) is 65.9 Å². The van der Waals surface area contributed by atoms with Gasteiger partial charge in [0.1, 0.15) is 0 Å². The number of rotatable bonds is 5. The minimum Gasteiger partial charge on any atom is -0.309 e. The van der Waals surface area contributed by atoms with Crippen molar-refractivity contribution in [2.75, 3.05) is 0 Å². The molecule has 8 aromatic carbocycles. The topological polar surface area (TPSA) is 22.8 Å². The molecule has 0 spiro atoms. The highest BCUT2D eigenvalue weighted by molar-refractivity contribution is 6.31. The molecule has 0 saturated heterocycles. The molecule has 3 nitrogen and oxygen atoms in total. The zero-order valence-electron chi connectivity index (χ0n) is 32.9. The second-order valence-electron chi connectivity index (χ2n) is 16.3. The van der Waals surface area contributed by atoms with Crippen molar-refractivity contribution in [2.45, 2.75) is 19.3 Å². The van der Waals surface area contributed by atoms with Crippen molar-refractivity contribution >= 4 is 43.6 Å². The van der Waals surface area contributed by atoms with Crippen LogP contribution < -0.4 is 0 Å². The van der Waals surface area contributed by atoms with Crippen LogP contribution in [0, 0.1) is 0 Å². The quantitative estimate of drug-likeness (QED) is 0.172. The number of nitrogens with zero attached hydrogens (tertiary/aromatic N) is 3. The molecule has 0 unspecified atom stereocenters. The van der Waals surface area contributed by atoms with Gasteiger partial charge in [0.15, 0.2) is 0 Å². The first-order valence-electron chi connectivity index (χ1n) is 20.5. The number of aromatic nitrogens is 3. The molecule has 1 aliphatic carbocycles. The van der Waals surface area contributed by atoms with Crippen LogP contribution in [0.1, 0.15) is 25.0 Å². The molecule has 0 radical (unpaired) electrons. The molecule has 0 atom stereocenters. The molecule has 3 aromatic heterocycles. The summed E-state index contributed by atoms with van der Waals surface area (Å²) < 4.78 is 5.06. The van der Waals surface area contributed by atoms with E-state index in [2.05, 4.69) is 223 Å². The lowest BCUT2D eigenvalue weighted by atomic mass is 9.80. The second-order valence-corrected chi connectivity index (χ2v) is 16.3. The van der Waals surface area contributed by atoms with E-state index in [0.717, 1.165) is 45.0 Å². The van der Waals surface area contributed by atoms with E-state index in [4.69, 9.17) is 4.98 Å². The lowest BCUT2D eigenvalue weighted by Gasteiger charge is -2.23. The summed E-state index contributed by atoms with van der Waals surface area (Å²) in [5, 5.41) is 5.13. The summed E-state index contributed by atoms with van der Waals surface area (Å²) in [6, 6.07) is 72.6. The van der Waals surface area contributed by atoms with Gasteiger partial charge in [-0.05, 0) is 76.3 Å². The Morgan fingerprint density at radius 2 is 0.898 bits per heavy atom. The lowest BCUT2D eigenvalue weighted by Crippen LogP contribution is -2.15. The minimum absolute atomic E-state index is 0.233. The minimum atomic E-state index is -0.233. The number of hydrogen-bond donors (Lipinski definition) is 0. The molecule has 12 rings (SSSR count). The molecular formula is C56H39N3. The summed E-state index contributed by atoms with van der Waals surface area (Å²) in [7, 11) is 0. The van der Waals surface area contributed by atoms with Gasteiger partial charge in [0.25, 0.3) is 0 Å². The van der Waals surface area contributed by atoms with Crippen LogP contribution in [0.15, 0.2) is 200 Å². The average molecular weight is 754 g/mol. The van der Waals surface area contributed by atoms with Gasteiger partial charge in [-0.25, -0.2) is 4.98 Å². The fourth-order valence-electron chi connectivity index (χ4n) is 10.1. The van der Waals surface area contributed by atoms with E-state index in [9.17, 15) is 0 Å². The molecular weight excluding hydrogens is 715 g/mol. The maximum absolute atomic E-state index is 5.15. The molecule has 278 valence electrons. The van der Waals surface area contributed by atoms with Crippen LogP contribution in [0.25, 0.3) is 99.8 Å². The Hall–Kier alpha value is -7.49. The summed E-state index contributed by atoms with van der Waals surface area (Å²) in [4.78, 5) is 5.15. The maximum Gasteiger partial charge on any atom is 0.0715 e. The molecule has 11 aromatic rings. The third-order valence-electron chi connectivity index (χ3n) is 12.7. The Morgan fingerprint density at radius 3 is 1.53 bits per heavy atom. The van der Waals surface area contributed by atoms with Gasteiger partial charge in [-0.3, -0.25) is 0 Å². The lowest BCUT2D eigenvalue weighted by molar-refractivity contribution is 0.667. The van der Waals surface area contributed by atoms with Crippen LogP contribution in [-0.4, -0.2) is 14.1 Å². The predicted molar refractivity (Wildman–Crippen MR) is 247 cm³/mol. The van der Waals surface area contributed by atoms with Crippen molar-refractivity contribution < 1.29 is 0 Å². The summed E-state index contributed by atoms with van der Waals surface area (Å²) >= 11 is 0. The summed E-state index contributed by atoms with van der Waals surface area (Å²) in [5.41, 5.74) is 18.8. The Kier molecular flexibility index (Phi) is 7.27. The average Bonchev–Trinajstić information content (AvgIpc) is 3.90. The van der Waals surface area contributed by atoms with E-state index in [1.807, 2.05) is 0 Å². The van der Waals surface area contributed by atoms with Crippen molar-refractivity contribution in [3.63, 3.8) is 0 Å². The number of pyridine rings is 1. The summed E-state index contributed by atoms with van der Waals surface area (Å²) in [6.45, 7) is 4.84. The van der Waals surface area contributed by atoms with Gasteiger partial charge >= 0.3 is 0 Å². The molecule has 0 aliphatic heterocycles. The van der Waals surface area contributed by atoms with E-state index in [0.29, 0.717) is 0 Å². The number of hydrogen-bond acceptors (Lipinski definition) is 1. The van der Waals surface area contributed by atoms with Crippen molar-refractivity contribution in [3.05, 3.63) is 211 Å². The SMILES string of the molecule is CC1(C)c2ccccc2-c2c1c1c3ccccc3n(-c3ccc(-c4cc(-c5ccccc5)nc(-c5ccccc5)c4)cc3)c1c1c3ccccc3n(-c3ccccc3)c21. The van der Waals surface area contributed by atoms with Gasteiger partial charge in [-0.15, -0.1) is 0 Å².